The molecule has 1 amide bonds. The van der Waals surface area contributed by atoms with Gasteiger partial charge in [-0.3, -0.25) is 19.6 Å². The van der Waals surface area contributed by atoms with Gasteiger partial charge < -0.3 is 5.32 Å². The third-order valence-electron chi connectivity index (χ3n) is 4.81. The summed E-state index contributed by atoms with van der Waals surface area (Å²) >= 11 is 0. The van der Waals surface area contributed by atoms with E-state index in [1.54, 1.807) is 31.4 Å². The molecule has 1 aromatic heterocycles. The van der Waals surface area contributed by atoms with Crippen molar-refractivity contribution in [3.63, 3.8) is 0 Å². The Hall–Kier alpha value is -3.55. The van der Waals surface area contributed by atoms with E-state index in [1.807, 2.05) is 6.07 Å². The number of nitro groups is 1. The average Bonchev–Trinajstić information content (AvgIpc) is 3.32. The lowest BCUT2D eigenvalue weighted by atomic mass is 10.1. The van der Waals surface area contributed by atoms with Gasteiger partial charge in [0.25, 0.3) is 11.6 Å². The average molecular weight is 380 g/mol. The first-order valence-electron chi connectivity index (χ1n) is 8.77. The molecule has 0 aliphatic heterocycles. The van der Waals surface area contributed by atoms with Crippen molar-refractivity contribution < 1.29 is 14.1 Å². The molecule has 8 heteroatoms. The molecule has 0 spiro atoms. The zero-order chi connectivity index (χ0) is 19.8. The molecule has 1 fully saturated rings. The number of nitrogens with one attached hydrogen (secondary N) is 1. The van der Waals surface area contributed by atoms with Crippen LogP contribution in [0.2, 0.25) is 0 Å². The molecule has 142 valence electrons. The summed E-state index contributed by atoms with van der Waals surface area (Å²) < 4.78 is 14.9. The van der Waals surface area contributed by atoms with Gasteiger partial charge in [0, 0.05) is 42.9 Å². The highest BCUT2D eigenvalue weighted by molar-refractivity contribution is 6.00. The highest BCUT2D eigenvalue weighted by Gasteiger charge is 2.40. The molecule has 28 heavy (non-hydrogen) atoms. The van der Waals surface area contributed by atoms with Gasteiger partial charge in [-0.25, -0.2) is 4.39 Å². The lowest BCUT2D eigenvalue weighted by Gasteiger charge is -2.06. The number of nitro benzene ring substituents is 1. The van der Waals surface area contributed by atoms with E-state index < -0.39 is 4.92 Å². The molecule has 1 aliphatic rings. The molecule has 2 aromatic carbocycles. The number of rotatable bonds is 5. The summed E-state index contributed by atoms with van der Waals surface area (Å²) in [5, 5.41) is 18.1. The zero-order valence-corrected chi connectivity index (χ0v) is 15.0. The van der Waals surface area contributed by atoms with E-state index in [4.69, 9.17) is 0 Å². The van der Waals surface area contributed by atoms with Gasteiger partial charge in [-0.15, -0.1) is 0 Å². The first kappa shape index (κ1) is 17.8. The van der Waals surface area contributed by atoms with Crippen molar-refractivity contribution in [1.29, 1.82) is 0 Å². The first-order valence-corrected chi connectivity index (χ1v) is 8.77. The number of aromatic nitrogens is 2. The fourth-order valence-corrected chi connectivity index (χ4v) is 3.32. The van der Waals surface area contributed by atoms with Crippen molar-refractivity contribution in [2.75, 3.05) is 0 Å². The quantitative estimate of drug-likeness (QED) is 0.542. The van der Waals surface area contributed by atoms with Crippen LogP contribution in [0.1, 0.15) is 28.3 Å². The molecular formula is C20H17FN4O3. The lowest BCUT2D eigenvalue weighted by molar-refractivity contribution is -0.384. The number of aryl methyl sites for hydroxylation is 1. The topological polar surface area (TPSA) is 90.1 Å². The minimum Gasteiger partial charge on any atom is -0.349 e. The summed E-state index contributed by atoms with van der Waals surface area (Å²) in [6, 6.07) is 12.3. The predicted octanol–water partition coefficient (Wildman–Crippen LogP) is 3.42. The van der Waals surface area contributed by atoms with Gasteiger partial charge in [-0.2, -0.15) is 5.10 Å². The molecule has 0 unspecified atom stereocenters. The SMILES string of the molecule is Cn1cc(C(=O)N[C@@H]2C[C@@H]2c2cccc(F)c2)c(-c2ccc([N+](=O)[O-])cc2)n1. The maximum Gasteiger partial charge on any atom is 0.269 e. The van der Waals surface area contributed by atoms with Gasteiger partial charge in [-0.1, -0.05) is 12.1 Å². The Balaban J connectivity index is 1.52. The molecule has 7 nitrogen and oxygen atoms in total. The second kappa shape index (κ2) is 6.88. The number of amides is 1. The van der Waals surface area contributed by atoms with E-state index in [9.17, 15) is 19.3 Å². The first-order chi connectivity index (χ1) is 13.4. The molecule has 1 aliphatic carbocycles. The van der Waals surface area contributed by atoms with E-state index in [0.29, 0.717) is 16.8 Å². The largest absolute Gasteiger partial charge is 0.349 e. The number of halogens is 1. The van der Waals surface area contributed by atoms with E-state index in [-0.39, 0.29) is 29.4 Å². The van der Waals surface area contributed by atoms with Gasteiger partial charge in [0.1, 0.15) is 11.5 Å². The molecule has 1 heterocycles. The van der Waals surface area contributed by atoms with Gasteiger partial charge in [0.15, 0.2) is 0 Å². The Morgan fingerprint density at radius 2 is 2.04 bits per heavy atom. The molecule has 1 saturated carbocycles. The molecule has 0 saturated heterocycles. The lowest BCUT2D eigenvalue weighted by Crippen LogP contribution is -2.26. The smallest absolute Gasteiger partial charge is 0.269 e. The maximum absolute atomic E-state index is 13.4. The monoisotopic (exact) mass is 380 g/mol. The van der Waals surface area contributed by atoms with Crippen molar-refractivity contribution in [3.8, 4) is 11.3 Å². The van der Waals surface area contributed by atoms with Crippen molar-refractivity contribution in [2.45, 2.75) is 18.4 Å². The van der Waals surface area contributed by atoms with Crippen molar-refractivity contribution in [2.24, 2.45) is 7.05 Å². The van der Waals surface area contributed by atoms with Crippen LogP contribution < -0.4 is 5.32 Å². The van der Waals surface area contributed by atoms with E-state index >= 15 is 0 Å². The Morgan fingerprint density at radius 3 is 2.71 bits per heavy atom. The van der Waals surface area contributed by atoms with Gasteiger partial charge in [-0.05, 0) is 36.2 Å². The fourth-order valence-electron chi connectivity index (χ4n) is 3.32. The van der Waals surface area contributed by atoms with Crippen LogP contribution in [0.5, 0.6) is 0 Å². The van der Waals surface area contributed by atoms with Crippen LogP contribution in [0, 0.1) is 15.9 Å². The van der Waals surface area contributed by atoms with Crippen molar-refractivity contribution in [1.82, 2.24) is 15.1 Å². The Kier molecular flexibility index (Phi) is 4.38. The van der Waals surface area contributed by atoms with Crippen LogP contribution in [-0.2, 0) is 7.05 Å². The molecule has 3 aromatic rings. The minimum atomic E-state index is -0.477. The summed E-state index contributed by atoms with van der Waals surface area (Å²) in [6.45, 7) is 0. The normalized spacial score (nSPS) is 17.9. The second-order valence-corrected chi connectivity index (χ2v) is 6.85. The van der Waals surface area contributed by atoms with E-state index in [2.05, 4.69) is 10.4 Å². The van der Waals surface area contributed by atoms with Crippen molar-refractivity contribution >= 4 is 11.6 Å². The van der Waals surface area contributed by atoms with E-state index in [0.717, 1.165) is 12.0 Å². The summed E-state index contributed by atoms with van der Waals surface area (Å²) in [5.74, 6) is -0.466. The van der Waals surface area contributed by atoms with Crippen LogP contribution in [0.25, 0.3) is 11.3 Å². The van der Waals surface area contributed by atoms with Crippen LogP contribution in [0.15, 0.2) is 54.7 Å². The number of carbonyl (C=O) groups is 1. The summed E-state index contributed by atoms with van der Waals surface area (Å²) in [6.07, 6.45) is 2.37. The minimum absolute atomic E-state index is 0.0263. The third kappa shape index (κ3) is 3.48. The number of benzene rings is 2. The number of carbonyl (C=O) groups excluding carboxylic acids is 1. The van der Waals surface area contributed by atoms with Gasteiger partial charge in [0.05, 0.1) is 10.5 Å². The number of non-ortho nitro benzene ring substituents is 1. The fraction of sp³-hybridized carbons (Fsp3) is 0.200. The molecular weight excluding hydrogens is 363 g/mol. The Bertz CT molecular complexity index is 1060. The standard InChI is InChI=1S/C20H17FN4O3/c1-24-11-17(19(23-24)12-5-7-15(8-6-12)25(27)28)20(26)22-18-10-16(18)13-3-2-4-14(21)9-13/h2-9,11,16,18H,10H2,1H3,(H,22,26)/t16-,18-/m1/s1. The molecule has 0 bridgehead atoms. The summed E-state index contributed by atoms with van der Waals surface area (Å²) in [4.78, 5) is 23.1. The highest BCUT2D eigenvalue weighted by atomic mass is 19.1. The maximum atomic E-state index is 13.4. The number of hydrogen-bond acceptors (Lipinski definition) is 4. The Labute approximate surface area is 160 Å². The summed E-state index contributed by atoms with van der Waals surface area (Å²) in [5.41, 5.74) is 2.31. The number of nitrogens with zero attached hydrogens (tertiary/aromatic N) is 3. The Morgan fingerprint density at radius 1 is 1.29 bits per heavy atom. The third-order valence-corrected chi connectivity index (χ3v) is 4.81. The zero-order valence-electron chi connectivity index (χ0n) is 15.0. The van der Waals surface area contributed by atoms with E-state index in [1.165, 1.54) is 28.9 Å². The number of hydrogen-bond donors (Lipinski definition) is 1. The highest BCUT2D eigenvalue weighted by Crippen LogP contribution is 2.41. The molecule has 0 radical (unpaired) electrons. The van der Waals surface area contributed by atoms with Gasteiger partial charge in [0.2, 0.25) is 0 Å². The predicted molar refractivity (Wildman–Crippen MR) is 100 cm³/mol. The molecule has 4 rings (SSSR count). The van der Waals surface area contributed by atoms with Crippen LogP contribution in [0.3, 0.4) is 0 Å². The molecule has 2 atom stereocenters. The van der Waals surface area contributed by atoms with Crippen LogP contribution in [-0.4, -0.2) is 26.7 Å². The second-order valence-electron chi connectivity index (χ2n) is 6.85. The van der Waals surface area contributed by atoms with Crippen LogP contribution >= 0.6 is 0 Å². The van der Waals surface area contributed by atoms with Gasteiger partial charge >= 0.3 is 0 Å². The van der Waals surface area contributed by atoms with Crippen LogP contribution in [0.4, 0.5) is 10.1 Å². The van der Waals surface area contributed by atoms with Crippen molar-refractivity contribution in [3.05, 3.63) is 81.8 Å². The molecule has 1 N–H and O–H groups in total. The summed E-state index contributed by atoms with van der Waals surface area (Å²) in [7, 11) is 1.71.